The smallest absolute Gasteiger partial charge is 0.507 e. The minimum atomic E-state index is 0. The van der Waals surface area contributed by atoms with Gasteiger partial charge < -0.3 is 15.1 Å². The van der Waals surface area contributed by atoms with E-state index in [0.717, 1.165) is 80.5 Å². The molecule has 62 heavy (non-hydrogen) atoms. The van der Waals surface area contributed by atoms with Crippen LogP contribution in [0.2, 0.25) is 0 Å². The third-order valence-corrected chi connectivity index (χ3v) is 11.0. The number of hydrogen-bond donors (Lipinski definition) is 2. The zero-order valence-corrected chi connectivity index (χ0v) is 40.7. The van der Waals surface area contributed by atoms with Crippen LogP contribution in [-0.2, 0) is 39.2 Å². The summed E-state index contributed by atoms with van der Waals surface area (Å²) >= 11 is 0. The summed E-state index contributed by atoms with van der Waals surface area (Å²) in [5.41, 5.74) is 12.9. The van der Waals surface area contributed by atoms with Gasteiger partial charge in [-0.3, -0.25) is 4.90 Å². The molecule has 4 nitrogen and oxygen atoms in total. The molecule has 0 aromatic heterocycles. The van der Waals surface area contributed by atoms with Crippen molar-refractivity contribution in [2.75, 3.05) is 33.7 Å². The summed E-state index contributed by atoms with van der Waals surface area (Å²) in [6, 6.07) is 49.4. The first-order valence-corrected chi connectivity index (χ1v) is 21.6. The van der Waals surface area contributed by atoms with Gasteiger partial charge >= 0.3 is 26.2 Å². The van der Waals surface area contributed by atoms with Gasteiger partial charge in [-0.25, -0.2) is 0 Å². The Balaban J connectivity index is 0.000000475. The molecular weight excluding hydrogens is 836 g/mol. The summed E-state index contributed by atoms with van der Waals surface area (Å²) in [6.07, 6.45) is 0.700. The summed E-state index contributed by atoms with van der Waals surface area (Å²) in [7, 11) is 4.19. The van der Waals surface area contributed by atoms with Crippen LogP contribution in [0.4, 0.5) is 0 Å². The van der Waals surface area contributed by atoms with Crippen molar-refractivity contribution >= 4 is 10.8 Å². The third kappa shape index (κ3) is 13.7. The topological polar surface area (TPSA) is 46.9 Å². The second-order valence-electron chi connectivity index (χ2n) is 17.1. The Kier molecular flexibility index (Phi) is 19.2. The van der Waals surface area contributed by atoms with Gasteiger partial charge in [-0.05, 0) is 108 Å². The quantitative estimate of drug-likeness (QED) is 0.120. The minimum Gasteiger partial charge on any atom is -0.507 e. The van der Waals surface area contributed by atoms with Crippen molar-refractivity contribution in [1.29, 1.82) is 0 Å². The van der Waals surface area contributed by atoms with Gasteiger partial charge in [-0.2, -0.15) is 49.2 Å². The molecule has 0 aliphatic rings. The predicted octanol–water partition coefficient (Wildman–Crippen LogP) is 13.8. The molecule has 0 atom stereocenters. The maximum absolute atomic E-state index is 11.9. The Hall–Kier alpha value is -5.06. The number of phenolic OH excluding ortho intramolecular Hbond substituents is 2. The number of hydrogen-bond acceptors (Lipinski definition) is 4. The molecule has 0 fully saturated rings. The average Bonchev–Trinajstić information content (AvgIpc) is 3.24. The normalized spacial score (nSPS) is 11.0. The predicted molar refractivity (Wildman–Crippen MR) is 262 cm³/mol. The molecule has 7 rings (SSSR count). The zero-order valence-electron chi connectivity index (χ0n) is 38.2. The van der Waals surface area contributed by atoms with Gasteiger partial charge in [0.2, 0.25) is 0 Å². The summed E-state index contributed by atoms with van der Waals surface area (Å²) < 4.78 is 0. The van der Waals surface area contributed by atoms with Crippen LogP contribution in [0.15, 0.2) is 146 Å². The fourth-order valence-electron chi connectivity index (χ4n) is 7.82. The molecule has 7 aromatic rings. The van der Waals surface area contributed by atoms with Gasteiger partial charge in [-0.1, -0.05) is 113 Å². The Morgan fingerprint density at radius 1 is 0.516 bits per heavy atom. The summed E-state index contributed by atoms with van der Waals surface area (Å²) in [5, 5.41) is 25.9. The molecule has 0 heterocycles. The number of nitrogens with zero attached hydrogens (tertiary/aromatic N) is 2. The van der Waals surface area contributed by atoms with Crippen LogP contribution in [0, 0.1) is 27.7 Å². The van der Waals surface area contributed by atoms with Crippen LogP contribution in [0.5, 0.6) is 11.5 Å². The molecule has 7 aromatic carbocycles. The number of aromatic hydroxyl groups is 2. The van der Waals surface area contributed by atoms with E-state index < -0.39 is 0 Å². The molecule has 0 radical (unpaired) electrons. The number of benzene rings is 7. The van der Waals surface area contributed by atoms with Crippen molar-refractivity contribution in [3.05, 3.63) is 204 Å². The molecule has 2 N–H and O–H groups in total. The van der Waals surface area contributed by atoms with Crippen LogP contribution in [0.25, 0.3) is 33.0 Å². The third-order valence-electron chi connectivity index (χ3n) is 11.0. The molecule has 318 valence electrons. The zero-order chi connectivity index (χ0) is 44.1. The van der Waals surface area contributed by atoms with Crippen LogP contribution in [0.3, 0.4) is 0 Å². The van der Waals surface area contributed by atoms with E-state index in [1.54, 1.807) is 0 Å². The van der Waals surface area contributed by atoms with E-state index in [2.05, 4.69) is 164 Å². The van der Waals surface area contributed by atoms with Crippen molar-refractivity contribution in [2.24, 2.45) is 0 Å². The van der Waals surface area contributed by atoms with E-state index in [9.17, 15) is 10.2 Å². The largest absolute Gasteiger partial charge is 4.00 e. The van der Waals surface area contributed by atoms with E-state index in [1.807, 2.05) is 60.7 Å². The minimum absolute atomic E-state index is 0. The molecule has 5 heteroatoms. The van der Waals surface area contributed by atoms with E-state index in [4.69, 9.17) is 0 Å². The van der Waals surface area contributed by atoms with Crippen molar-refractivity contribution in [3.63, 3.8) is 0 Å². The molecule has 0 bridgehead atoms. The van der Waals surface area contributed by atoms with E-state index >= 15 is 0 Å². The first-order chi connectivity index (χ1) is 29.2. The first-order valence-electron chi connectivity index (χ1n) is 21.6. The Bertz CT molecular complexity index is 2390. The summed E-state index contributed by atoms with van der Waals surface area (Å²) in [5.74, 6) is 1.40. The number of likely N-dealkylation sites (N-methyl/N-ethyl adjacent to an activating group) is 1. The standard InChI is InChI=1S/C43H52N2O2.2C7H7.Zr/c1-28(2)35-16-12-17-36(29(3)4)41(35)40-26-31(6)24-34(43(40)47)27-45(22-21-44(7)8)20-19-33-23-30(5)25-39(42(33)46)38-18-11-14-32-13-9-10-15-37(32)38;2*1-7-5-3-2-4-6-7;/h9-18,23-26,28-29,46-47H,19-22,27H2,1-8H3;2*2-6H,1H2;/q;2*-1;+4. The number of phenols is 2. The van der Waals surface area contributed by atoms with Crippen LogP contribution >= 0.6 is 0 Å². The van der Waals surface area contributed by atoms with Crippen molar-refractivity contribution < 1.29 is 36.4 Å². The van der Waals surface area contributed by atoms with Crippen molar-refractivity contribution in [1.82, 2.24) is 9.80 Å². The Morgan fingerprint density at radius 2 is 1.00 bits per heavy atom. The van der Waals surface area contributed by atoms with Gasteiger partial charge in [0, 0.05) is 42.9 Å². The average molecular weight is 902 g/mol. The molecule has 0 amide bonds. The Labute approximate surface area is 392 Å². The summed E-state index contributed by atoms with van der Waals surface area (Å²) in [4.78, 5) is 4.61. The maximum Gasteiger partial charge on any atom is 4.00 e. The van der Waals surface area contributed by atoms with Crippen LogP contribution in [0.1, 0.15) is 84.0 Å². The van der Waals surface area contributed by atoms with Crippen LogP contribution < -0.4 is 0 Å². The molecular formula is C57H66N2O2Zr+2. The molecule has 0 saturated heterocycles. The van der Waals surface area contributed by atoms with E-state index in [0.29, 0.717) is 36.3 Å². The molecule has 0 spiro atoms. The summed E-state index contributed by atoms with van der Waals surface area (Å²) in [6.45, 7) is 23.7. The second-order valence-corrected chi connectivity index (χ2v) is 17.1. The van der Waals surface area contributed by atoms with Gasteiger partial charge in [0.1, 0.15) is 11.5 Å². The fraction of sp³-hybridized carbons (Fsp3) is 0.263. The fourth-order valence-corrected chi connectivity index (χ4v) is 7.82. The number of aryl methyl sites for hydroxylation is 2. The SMILES string of the molecule is Cc1cc(CN(CCc2cc(C)cc(-c3cccc4ccccc34)c2O)CCN(C)C)c(O)c(-c2c(C(C)C)cccc2C(C)C)c1.[CH2-]c1ccccc1.[CH2-]c1ccccc1.[Zr+4]. The number of fused-ring (bicyclic) bond motifs is 1. The van der Waals surface area contributed by atoms with Gasteiger partial charge in [0.15, 0.2) is 0 Å². The van der Waals surface area contributed by atoms with E-state index in [-0.39, 0.29) is 26.2 Å². The molecule has 0 saturated carbocycles. The van der Waals surface area contributed by atoms with Crippen LogP contribution in [-0.4, -0.2) is 53.7 Å². The second kappa shape index (κ2) is 24.0. The van der Waals surface area contributed by atoms with Gasteiger partial charge in [0.25, 0.3) is 0 Å². The molecule has 0 unspecified atom stereocenters. The van der Waals surface area contributed by atoms with Gasteiger partial charge in [0.05, 0.1) is 0 Å². The molecule has 0 aliphatic carbocycles. The number of rotatable bonds is 12. The Morgan fingerprint density at radius 3 is 1.53 bits per heavy atom. The maximum atomic E-state index is 11.9. The van der Waals surface area contributed by atoms with E-state index in [1.165, 1.54) is 16.7 Å². The first kappa shape index (κ1) is 49.6. The monoisotopic (exact) mass is 900 g/mol. The molecule has 0 aliphatic heterocycles. The van der Waals surface area contributed by atoms with Gasteiger partial charge in [-0.15, -0.1) is 24.3 Å². The van der Waals surface area contributed by atoms with Crippen molar-refractivity contribution in [2.45, 2.75) is 66.3 Å². The van der Waals surface area contributed by atoms with Crippen molar-refractivity contribution in [3.8, 4) is 33.8 Å².